The third kappa shape index (κ3) is 3.99. The van der Waals surface area contributed by atoms with E-state index in [1.165, 1.54) is 0 Å². The van der Waals surface area contributed by atoms with Crippen molar-refractivity contribution in [2.75, 3.05) is 41.8 Å². The molecule has 1 saturated heterocycles. The SMILES string of the molecule is CCC(=O)Nc1ccc(Nc2ccccc2N2CCOCC2)nn1. The Bertz CT molecular complexity index is 684. The number of hydrogen-bond donors (Lipinski definition) is 2. The average Bonchev–Trinajstić information content (AvgIpc) is 2.64. The Labute approximate surface area is 141 Å². The van der Waals surface area contributed by atoms with E-state index in [1.54, 1.807) is 19.1 Å². The van der Waals surface area contributed by atoms with Crippen molar-refractivity contribution in [3.8, 4) is 0 Å². The van der Waals surface area contributed by atoms with Crippen LogP contribution in [-0.4, -0.2) is 42.4 Å². The van der Waals surface area contributed by atoms with Gasteiger partial charge in [0.15, 0.2) is 11.6 Å². The molecule has 2 heterocycles. The first-order valence-electron chi connectivity index (χ1n) is 8.08. The lowest BCUT2D eigenvalue weighted by atomic mass is 10.2. The summed E-state index contributed by atoms with van der Waals surface area (Å²) in [6, 6.07) is 11.6. The lowest BCUT2D eigenvalue weighted by Crippen LogP contribution is -2.36. The first-order chi connectivity index (χ1) is 11.8. The van der Waals surface area contributed by atoms with Gasteiger partial charge in [-0.15, -0.1) is 10.2 Å². The van der Waals surface area contributed by atoms with Gasteiger partial charge in [-0.1, -0.05) is 19.1 Å². The Hall–Kier alpha value is -2.67. The van der Waals surface area contributed by atoms with Crippen LogP contribution in [0.5, 0.6) is 0 Å². The van der Waals surface area contributed by atoms with E-state index in [9.17, 15) is 4.79 Å². The highest BCUT2D eigenvalue weighted by molar-refractivity contribution is 5.89. The summed E-state index contributed by atoms with van der Waals surface area (Å²) >= 11 is 0. The minimum Gasteiger partial charge on any atom is -0.378 e. The number of ether oxygens (including phenoxy) is 1. The fourth-order valence-electron chi connectivity index (χ4n) is 2.49. The van der Waals surface area contributed by atoms with E-state index in [2.05, 4.69) is 31.8 Å². The van der Waals surface area contributed by atoms with Crippen molar-refractivity contribution in [3.63, 3.8) is 0 Å². The number of carbonyl (C=O) groups is 1. The molecule has 0 bridgehead atoms. The molecule has 1 aliphatic rings. The largest absolute Gasteiger partial charge is 0.378 e. The standard InChI is InChI=1S/C17H21N5O2/c1-2-17(23)19-16-8-7-15(20-21-16)18-13-5-3-4-6-14(13)22-9-11-24-12-10-22/h3-8H,2,9-12H2,1H3,(H,18,20)(H,19,21,23). The zero-order valence-corrected chi connectivity index (χ0v) is 13.7. The van der Waals surface area contributed by atoms with Gasteiger partial charge in [0.05, 0.1) is 24.6 Å². The normalized spacial score (nSPS) is 14.3. The number of morpholine rings is 1. The van der Waals surface area contributed by atoms with Gasteiger partial charge < -0.3 is 20.3 Å². The molecule has 7 nitrogen and oxygen atoms in total. The molecule has 1 amide bonds. The van der Waals surface area contributed by atoms with Gasteiger partial charge in [-0.2, -0.15) is 0 Å². The van der Waals surface area contributed by atoms with E-state index in [0.717, 1.165) is 37.7 Å². The number of nitrogens with one attached hydrogen (secondary N) is 2. The Morgan fingerprint density at radius 3 is 2.54 bits per heavy atom. The molecule has 0 unspecified atom stereocenters. The summed E-state index contributed by atoms with van der Waals surface area (Å²) in [5.41, 5.74) is 2.09. The van der Waals surface area contributed by atoms with Crippen molar-refractivity contribution in [1.82, 2.24) is 10.2 Å². The second kappa shape index (κ2) is 7.74. The predicted molar refractivity (Wildman–Crippen MR) is 93.7 cm³/mol. The van der Waals surface area contributed by atoms with Crippen molar-refractivity contribution in [3.05, 3.63) is 36.4 Å². The number of amides is 1. The molecule has 0 radical (unpaired) electrons. The van der Waals surface area contributed by atoms with Crippen molar-refractivity contribution >= 4 is 28.9 Å². The number of nitrogens with zero attached hydrogens (tertiary/aromatic N) is 3. The third-order valence-electron chi connectivity index (χ3n) is 3.77. The molecule has 1 aromatic carbocycles. The van der Waals surface area contributed by atoms with Crippen LogP contribution in [0.2, 0.25) is 0 Å². The molecule has 2 N–H and O–H groups in total. The highest BCUT2D eigenvalue weighted by Crippen LogP contribution is 2.28. The summed E-state index contributed by atoms with van der Waals surface area (Å²) in [6.07, 6.45) is 0.411. The Kier molecular flexibility index (Phi) is 5.22. The van der Waals surface area contributed by atoms with E-state index in [-0.39, 0.29) is 5.91 Å². The first kappa shape index (κ1) is 16.2. The average molecular weight is 327 g/mol. The highest BCUT2D eigenvalue weighted by Gasteiger charge is 2.14. The molecule has 0 saturated carbocycles. The summed E-state index contributed by atoms with van der Waals surface area (Å²) < 4.78 is 5.41. The number of rotatable bonds is 5. The van der Waals surface area contributed by atoms with Crippen LogP contribution in [0.1, 0.15) is 13.3 Å². The fraction of sp³-hybridized carbons (Fsp3) is 0.353. The quantitative estimate of drug-likeness (QED) is 0.878. The molecule has 2 aromatic rings. The third-order valence-corrected chi connectivity index (χ3v) is 3.77. The minimum atomic E-state index is -0.0809. The molecule has 0 aliphatic carbocycles. The summed E-state index contributed by atoms with van der Waals surface area (Å²) in [5, 5.41) is 14.1. The number of para-hydroxylation sites is 2. The smallest absolute Gasteiger partial charge is 0.225 e. The number of carbonyl (C=O) groups excluding carboxylic acids is 1. The van der Waals surface area contributed by atoms with E-state index >= 15 is 0 Å². The second-order valence-electron chi connectivity index (χ2n) is 5.45. The number of benzene rings is 1. The second-order valence-corrected chi connectivity index (χ2v) is 5.45. The summed E-state index contributed by atoms with van der Waals surface area (Å²) in [6.45, 7) is 5.00. The van der Waals surface area contributed by atoms with Crippen molar-refractivity contribution in [2.24, 2.45) is 0 Å². The Morgan fingerprint density at radius 2 is 1.83 bits per heavy atom. The summed E-state index contributed by atoms with van der Waals surface area (Å²) in [5.74, 6) is 1.00. The lowest BCUT2D eigenvalue weighted by molar-refractivity contribution is -0.115. The van der Waals surface area contributed by atoms with Crippen molar-refractivity contribution in [1.29, 1.82) is 0 Å². The number of hydrogen-bond acceptors (Lipinski definition) is 6. The van der Waals surface area contributed by atoms with Crippen LogP contribution in [0, 0.1) is 0 Å². The lowest BCUT2D eigenvalue weighted by Gasteiger charge is -2.30. The van der Waals surface area contributed by atoms with E-state index in [4.69, 9.17) is 4.74 Å². The molecule has 0 spiro atoms. The summed E-state index contributed by atoms with van der Waals surface area (Å²) in [4.78, 5) is 13.7. The molecular formula is C17H21N5O2. The molecule has 7 heteroatoms. The van der Waals surface area contributed by atoms with Crippen LogP contribution in [0.3, 0.4) is 0 Å². The molecular weight excluding hydrogens is 306 g/mol. The molecule has 3 rings (SSSR count). The van der Waals surface area contributed by atoms with Gasteiger partial charge in [-0.05, 0) is 24.3 Å². The van der Waals surface area contributed by atoms with Crippen LogP contribution in [0.4, 0.5) is 23.0 Å². The first-order valence-corrected chi connectivity index (χ1v) is 8.08. The van der Waals surface area contributed by atoms with Gasteiger partial charge in [-0.3, -0.25) is 4.79 Å². The van der Waals surface area contributed by atoms with Gasteiger partial charge in [0.25, 0.3) is 0 Å². The van der Waals surface area contributed by atoms with Crippen molar-refractivity contribution in [2.45, 2.75) is 13.3 Å². The maximum Gasteiger partial charge on any atom is 0.225 e. The maximum atomic E-state index is 11.4. The zero-order valence-electron chi connectivity index (χ0n) is 13.7. The van der Waals surface area contributed by atoms with Gasteiger partial charge in [0.1, 0.15) is 0 Å². The molecule has 1 aromatic heterocycles. The fourth-order valence-corrected chi connectivity index (χ4v) is 2.49. The van der Waals surface area contributed by atoms with E-state index < -0.39 is 0 Å². The van der Waals surface area contributed by atoms with E-state index in [0.29, 0.717) is 18.1 Å². The van der Waals surface area contributed by atoms with Gasteiger partial charge in [0, 0.05) is 19.5 Å². The molecule has 126 valence electrons. The molecule has 1 aliphatic heterocycles. The number of aromatic nitrogens is 2. The zero-order chi connectivity index (χ0) is 16.8. The van der Waals surface area contributed by atoms with Crippen LogP contribution in [0.15, 0.2) is 36.4 Å². The Morgan fingerprint density at radius 1 is 1.12 bits per heavy atom. The van der Waals surface area contributed by atoms with Crippen molar-refractivity contribution < 1.29 is 9.53 Å². The molecule has 24 heavy (non-hydrogen) atoms. The number of anilines is 4. The maximum absolute atomic E-state index is 11.4. The molecule has 0 atom stereocenters. The topological polar surface area (TPSA) is 79.4 Å². The predicted octanol–water partition coefficient (Wildman–Crippen LogP) is 2.41. The van der Waals surface area contributed by atoms with E-state index in [1.807, 2.05) is 18.2 Å². The van der Waals surface area contributed by atoms with Gasteiger partial charge >= 0.3 is 0 Å². The van der Waals surface area contributed by atoms with Crippen LogP contribution in [-0.2, 0) is 9.53 Å². The minimum absolute atomic E-state index is 0.0809. The van der Waals surface area contributed by atoms with Gasteiger partial charge in [-0.25, -0.2) is 0 Å². The van der Waals surface area contributed by atoms with Crippen LogP contribution < -0.4 is 15.5 Å². The monoisotopic (exact) mass is 327 g/mol. The summed E-state index contributed by atoms with van der Waals surface area (Å²) in [7, 11) is 0. The van der Waals surface area contributed by atoms with Crippen LogP contribution in [0.25, 0.3) is 0 Å². The van der Waals surface area contributed by atoms with Gasteiger partial charge in [0.2, 0.25) is 5.91 Å². The van der Waals surface area contributed by atoms with Crippen LogP contribution >= 0.6 is 0 Å². The Balaban J connectivity index is 1.72. The molecule has 1 fully saturated rings. The highest BCUT2D eigenvalue weighted by atomic mass is 16.5.